The molecule has 1 aromatic heterocycles. The maximum absolute atomic E-state index is 12.7. The van der Waals surface area contributed by atoms with E-state index >= 15 is 0 Å². The van der Waals surface area contributed by atoms with Gasteiger partial charge >= 0.3 is 0 Å². The molecule has 0 bridgehead atoms. The Bertz CT molecular complexity index is 769. The Morgan fingerprint density at radius 3 is 2.88 bits per heavy atom. The van der Waals surface area contributed by atoms with Gasteiger partial charge in [-0.15, -0.1) is 11.3 Å². The number of hydrogen-bond donors (Lipinski definition) is 2. The summed E-state index contributed by atoms with van der Waals surface area (Å²) in [5, 5.41) is 3.98. The maximum atomic E-state index is 12.7. The largest absolute Gasteiger partial charge is 0.364 e. The number of hydrogen-bond acceptors (Lipinski definition) is 5. The average molecular weight is 363 g/mol. The summed E-state index contributed by atoms with van der Waals surface area (Å²) in [6.45, 7) is 0.902. The van der Waals surface area contributed by atoms with Gasteiger partial charge in [0.15, 0.2) is 10.8 Å². The van der Waals surface area contributed by atoms with E-state index in [4.69, 9.17) is 17.3 Å². The predicted octanol–water partition coefficient (Wildman–Crippen LogP) is 3.09. The van der Waals surface area contributed by atoms with Crippen LogP contribution in [0.5, 0.6) is 0 Å². The third-order valence-electron chi connectivity index (χ3n) is 3.86. The monoisotopic (exact) mass is 362 g/mol. The lowest BCUT2D eigenvalue weighted by Crippen LogP contribution is -2.36. The number of thiazole rings is 1. The summed E-state index contributed by atoms with van der Waals surface area (Å²) in [6, 6.07) is 7.16. The summed E-state index contributed by atoms with van der Waals surface area (Å²) in [4.78, 5) is 29.0. The Balaban J connectivity index is 1.93. The first-order valence-electron chi connectivity index (χ1n) is 7.74. The van der Waals surface area contributed by atoms with Crippen molar-refractivity contribution < 1.29 is 9.59 Å². The van der Waals surface area contributed by atoms with Gasteiger partial charge in [0.25, 0.3) is 5.91 Å². The van der Waals surface area contributed by atoms with Crippen molar-refractivity contribution in [1.29, 1.82) is 0 Å². The number of primary amides is 1. The van der Waals surface area contributed by atoms with Crippen molar-refractivity contribution in [3.8, 4) is 10.4 Å². The molecule has 1 fully saturated rings. The van der Waals surface area contributed by atoms with E-state index in [9.17, 15) is 9.59 Å². The molecule has 24 heavy (non-hydrogen) atoms. The Labute approximate surface area is 149 Å². The lowest BCUT2D eigenvalue weighted by molar-refractivity contribution is 0.0999. The Hall–Kier alpha value is -1.76. The number of nitrogens with one attached hydrogen (secondary N) is 1. The first kappa shape index (κ1) is 17.1. The number of ketones is 1. The number of nitrogens with two attached hydrogens (primary N) is 1. The van der Waals surface area contributed by atoms with Crippen LogP contribution in [0, 0.1) is 6.42 Å². The Morgan fingerprint density at radius 2 is 2.21 bits per heavy atom. The maximum Gasteiger partial charge on any atom is 0.277 e. The van der Waals surface area contributed by atoms with Crippen LogP contribution in [0.2, 0.25) is 5.02 Å². The van der Waals surface area contributed by atoms with Crippen LogP contribution in [0.25, 0.3) is 10.4 Å². The number of nitrogens with zero attached hydrogens (tertiary/aromatic N) is 1. The topological polar surface area (TPSA) is 85.1 Å². The van der Waals surface area contributed by atoms with Gasteiger partial charge in [-0.3, -0.25) is 9.59 Å². The number of halogens is 1. The number of carbonyl (C=O) groups excluding carboxylic acids is 2. The van der Waals surface area contributed by atoms with Gasteiger partial charge in [0.2, 0.25) is 0 Å². The molecule has 3 rings (SSSR count). The van der Waals surface area contributed by atoms with Gasteiger partial charge in [-0.25, -0.2) is 4.98 Å². The van der Waals surface area contributed by atoms with Gasteiger partial charge < -0.3 is 11.1 Å². The molecule has 0 aliphatic carbocycles. The van der Waals surface area contributed by atoms with Crippen LogP contribution in [0.4, 0.5) is 0 Å². The van der Waals surface area contributed by atoms with Crippen LogP contribution in [0.1, 0.15) is 39.6 Å². The highest BCUT2D eigenvalue weighted by Crippen LogP contribution is 2.33. The molecule has 1 saturated heterocycles. The minimum atomic E-state index is -0.641. The first-order valence-corrected chi connectivity index (χ1v) is 8.93. The molecule has 0 saturated carbocycles. The third kappa shape index (κ3) is 3.83. The molecule has 5 nitrogen and oxygen atoms in total. The molecular weight excluding hydrogens is 346 g/mol. The molecule has 1 aromatic carbocycles. The van der Waals surface area contributed by atoms with E-state index in [2.05, 4.69) is 10.3 Å². The van der Waals surface area contributed by atoms with Crippen molar-refractivity contribution in [2.24, 2.45) is 5.73 Å². The summed E-state index contributed by atoms with van der Waals surface area (Å²) in [7, 11) is 0. The average Bonchev–Trinajstić information content (AvgIpc) is 3.01. The number of rotatable bonds is 5. The number of aromatic nitrogens is 1. The van der Waals surface area contributed by atoms with E-state index in [1.54, 1.807) is 24.6 Å². The minimum Gasteiger partial charge on any atom is -0.364 e. The third-order valence-corrected chi connectivity index (χ3v) is 5.21. The number of benzene rings is 1. The van der Waals surface area contributed by atoms with Gasteiger partial charge in [0.1, 0.15) is 5.69 Å². The summed E-state index contributed by atoms with van der Waals surface area (Å²) < 4.78 is 0. The van der Waals surface area contributed by atoms with Gasteiger partial charge in [0.05, 0.1) is 11.3 Å². The van der Waals surface area contributed by atoms with Crippen LogP contribution in [0.15, 0.2) is 24.3 Å². The number of amides is 1. The molecule has 1 radical (unpaired) electrons. The number of Topliss-reactive ketones (excluding diaryl/α,β-unsaturated/α-hetero) is 1. The van der Waals surface area contributed by atoms with Crippen LogP contribution in [-0.2, 0) is 0 Å². The summed E-state index contributed by atoms with van der Waals surface area (Å²) in [5.74, 6) is -0.841. The minimum absolute atomic E-state index is 0.0391. The van der Waals surface area contributed by atoms with Crippen LogP contribution < -0.4 is 11.1 Å². The molecule has 0 spiro atoms. The second-order valence-corrected chi connectivity index (χ2v) is 7.09. The highest BCUT2D eigenvalue weighted by molar-refractivity contribution is 7.17. The van der Waals surface area contributed by atoms with E-state index in [1.165, 1.54) is 0 Å². The summed E-state index contributed by atoms with van der Waals surface area (Å²) >= 11 is 7.16. The van der Waals surface area contributed by atoms with Gasteiger partial charge in [-0.1, -0.05) is 30.2 Å². The lowest BCUT2D eigenvalue weighted by Gasteiger charge is -2.22. The smallest absolute Gasteiger partial charge is 0.277 e. The summed E-state index contributed by atoms with van der Waals surface area (Å²) in [5.41, 5.74) is 6.34. The molecular formula is C17H17ClN3O2S. The standard InChI is InChI=1S/C17H17ClN3O2S/c18-11-5-3-4-10(8-11)15-14(21-17(24-15)16(19)23)13(22)9-12-6-1-2-7-20-12/h3-5,8-9,12,20H,1-2,6-7H2,(H2,19,23)/t12-/m1/s1. The normalized spacial score (nSPS) is 17.6. The van der Waals surface area contributed by atoms with Crippen molar-refractivity contribution in [2.75, 3.05) is 6.54 Å². The second kappa shape index (κ2) is 7.42. The van der Waals surface area contributed by atoms with Gasteiger partial charge in [-0.2, -0.15) is 0 Å². The van der Waals surface area contributed by atoms with Gasteiger partial charge in [-0.05, 0) is 37.1 Å². The van der Waals surface area contributed by atoms with Gasteiger partial charge in [0, 0.05) is 11.1 Å². The molecule has 1 aliphatic heterocycles. The summed E-state index contributed by atoms with van der Waals surface area (Å²) in [6.07, 6.45) is 4.78. The predicted molar refractivity (Wildman–Crippen MR) is 95.4 cm³/mol. The van der Waals surface area contributed by atoms with Crippen LogP contribution in [0.3, 0.4) is 0 Å². The molecule has 125 valence electrons. The van der Waals surface area contributed by atoms with Crippen molar-refractivity contribution in [2.45, 2.75) is 25.3 Å². The Morgan fingerprint density at radius 1 is 1.38 bits per heavy atom. The van der Waals surface area contributed by atoms with E-state index < -0.39 is 5.91 Å². The SMILES string of the molecule is NC(=O)c1nc(C(=O)[CH][C@H]2CCCCN2)c(-c2cccc(Cl)c2)s1. The van der Waals surface area contributed by atoms with E-state index in [0.717, 1.165) is 42.7 Å². The highest BCUT2D eigenvalue weighted by atomic mass is 35.5. The second-order valence-electron chi connectivity index (χ2n) is 5.66. The molecule has 7 heteroatoms. The van der Waals surface area contributed by atoms with Crippen molar-refractivity contribution in [3.05, 3.63) is 46.4 Å². The molecule has 3 N–H and O–H groups in total. The molecule has 1 aliphatic rings. The highest BCUT2D eigenvalue weighted by Gasteiger charge is 2.25. The molecule has 2 aromatic rings. The fourth-order valence-electron chi connectivity index (χ4n) is 2.70. The molecule has 2 heterocycles. The molecule has 1 atom stereocenters. The first-order chi connectivity index (χ1) is 11.5. The van der Waals surface area contributed by atoms with Crippen molar-refractivity contribution in [3.63, 3.8) is 0 Å². The van der Waals surface area contributed by atoms with E-state index in [0.29, 0.717) is 9.90 Å². The molecule has 1 amide bonds. The number of carbonyl (C=O) groups is 2. The van der Waals surface area contributed by atoms with Crippen LogP contribution in [-0.4, -0.2) is 29.3 Å². The Kier molecular flexibility index (Phi) is 5.28. The fraction of sp³-hybridized carbons (Fsp3) is 0.294. The van der Waals surface area contributed by atoms with Crippen LogP contribution >= 0.6 is 22.9 Å². The fourth-order valence-corrected chi connectivity index (χ4v) is 3.81. The zero-order chi connectivity index (χ0) is 17.1. The van der Waals surface area contributed by atoms with E-state index in [-0.39, 0.29) is 22.5 Å². The van der Waals surface area contributed by atoms with Crippen molar-refractivity contribution >= 4 is 34.6 Å². The number of piperidine rings is 1. The van der Waals surface area contributed by atoms with Crippen molar-refractivity contribution in [1.82, 2.24) is 10.3 Å². The lowest BCUT2D eigenvalue weighted by atomic mass is 9.98. The quantitative estimate of drug-likeness (QED) is 0.800. The van der Waals surface area contributed by atoms with E-state index in [1.807, 2.05) is 6.07 Å². The zero-order valence-corrected chi connectivity index (χ0v) is 14.5. The molecule has 0 unspecified atom stereocenters. The zero-order valence-electron chi connectivity index (χ0n) is 12.9.